The highest BCUT2D eigenvalue weighted by Crippen LogP contribution is 2.25. The van der Waals surface area contributed by atoms with Crippen LogP contribution < -0.4 is 11.1 Å². The van der Waals surface area contributed by atoms with Crippen molar-refractivity contribution in [3.8, 4) is 0 Å². The van der Waals surface area contributed by atoms with Crippen LogP contribution in [0.1, 0.15) is 19.4 Å². The molecule has 3 nitrogen and oxygen atoms in total. The number of benzene rings is 1. The molecule has 0 bridgehead atoms. The van der Waals surface area contributed by atoms with Gasteiger partial charge in [-0.3, -0.25) is 10.1 Å². The molecule has 17 heavy (non-hydrogen) atoms. The lowest BCUT2D eigenvalue weighted by molar-refractivity contribution is -0.123. The SMILES string of the molecule is CC(C)(NCc1csc2ccccc12)C(N)=O. The lowest BCUT2D eigenvalue weighted by Gasteiger charge is -2.22. The Hall–Kier alpha value is -1.39. The average molecular weight is 248 g/mol. The lowest BCUT2D eigenvalue weighted by atomic mass is 10.0. The van der Waals surface area contributed by atoms with Gasteiger partial charge in [0.1, 0.15) is 0 Å². The summed E-state index contributed by atoms with van der Waals surface area (Å²) in [6.45, 7) is 4.24. The summed E-state index contributed by atoms with van der Waals surface area (Å²) in [6.07, 6.45) is 0. The first-order chi connectivity index (χ1) is 8.00. The van der Waals surface area contributed by atoms with E-state index in [4.69, 9.17) is 5.73 Å². The van der Waals surface area contributed by atoms with E-state index >= 15 is 0 Å². The third-order valence-corrected chi connectivity index (χ3v) is 3.91. The first kappa shape index (κ1) is 12.1. The van der Waals surface area contributed by atoms with Crippen LogP contribution >= 0.6 is 11.3 Å². The molecule has 0 aliphatic heterocycles. The van der Waals surface area contributed by atoms with Crippen LogP contribution in [0.4, 0.5) is 0 Å². The summed E-state index contributed by atoms with van der Waals surface area (Å²) in [5.41, 5.74) is 5.85. The third kappa shape index (κ3) is 2.48. The van der Waals surface area contributed by atoms with E-state index in [-0.39, 0.29) is 5.91 Å². The predicted octanol–water partition coefficient (Wildman–Crippen LogP) is 2.25. The van der Waals surface area contributed by atoms with Crippen LogP contribution in [0.5, 0.6) is 0 Å². The molecule has 90 valence electrons. The number of hydrogen-bond acceptors (Lipinski definition) is 3. The number of primary amides is 1. The normalized spacial score (nSPS) is 11.9. The van der Waals surface area contributed by atoms with E-state index in [1.807, 2.05) is 12.1 Å². The van der Waals surface area contributed by atoms with Crippen molar-refractivity contribution in [2.45, 2.75) is 25.9 Å². The fraction of sp³-hybridized carbons (Fsp3) is 0.308. The minimum atomic E-state index is -0.678. The molecule has 4 heteroatoms. The van der Waals surface area contributed by atoms with Gasteiger partial charge in [0.05, 0.1) is 5.54 Å². The Bertz CT molecular complexity index is 545. The lowest BCUT2D eigenvalue weighted by Crippen LogP contribution is -2.50. The molecule has 2 rings (SSSR count). The Balaban J connectivity index is 2.17. The molecule has 0 spiro atoms. The maximum absolute atomic E-state index is 11.2. The zero-order valence-electron chi connectivity index (χ0n) is 9.99. The number of hydrogen-bond donors (Lipinski definition) is 2. The van der Waals surface area contributed by atoms with Crippen molar-refractivity contribution in [2.24, 2.45) is 5.73 Å². The van der Waals surface area contributed by atoms with E-state index in [1.165, 1.54) is 15.6 Å². The van der Waals surface area contributed by atoms with Crippen LogP contribution in [0, 0.1) is 0 Å². The second-order valence-corrected chi connectivity index (χ2v) is 5.51. The molecule has 0 fully saturated rings. The van der Waals surface area contributed by atoms with Gasteiger partial charge >= 0.3 is 0 Å². The maximum atomic E-state index is 11.2. The smallest absolute Gasteiger partial charge is 0.237 e. The molecule has 3 N–H and O–H groups in total. The van der Waals surface area contributed by atoms with E-state index in [1.54, 1.807) is 25.2 Å². The van der Waals surface area contributed by atoms with Crippen molar-refractivity contribution in [1.29, 1.82) is 0 Å². The van der Waals surface area contributed by atoms with Crippen LogP contribution in [-0.4, -0.2) is 11.4 Å². The van der Waals surface area contributed by atoms with Crippen LogP contribution in [0.3, 0.4) is 0 Å². The maximum Gasteiger partial charge on any atom is 0.237 e. The number of thiophene rings is 1. The van der Waals surface area contributed by atoms with Gasteiger partial charge < -0.3 is 5.73 Å². The molecule has 0 saturated carbocycles. The number of nitrogens with one attached hydrogen (secondary N) is 1. The summed E-state index contributed by atoms with van der Waals surface area (Å²) in [6, 6.07) is 8.25. The summed E-state index contributed by atoms with van der Waals surface area (Å²) >= 11 is 1.72. The number of carbonyl (C=O) groups excluding carboxylic acids is 1. The molecule has 0 aliphatic rings. The molecule has 0 unspecified atom stereocenters. The van der Waals surface area contributed by atoms with Gasteiger partial charge in [-0.1, -0.05) is 18.2 Å². The largest absolute Gasteiger partial charge is 0.368 e. The van der Waals surface area contributed by atoms with Crippen LogP contribution in [0.25, 0.3) is 10.1 Å². The predicted molar refractivity (Wildman–Crippen MR) is 71.9 cm³/mol. The average Bonchev–Trinajstić information content (AvgIpc) is 2.69. The molecule has 2 aromatic rings. The Morgan fingerprint density at radius 1 is 1.41 bits per heavy atom. The first-order valence-corrected chi connectivity index (χ1v) is 6.39. The van der Waals surface area contributed by atoms with Crippen molar-refractivity contribution in [1.82, 2.24) is 5.32 Å². The zero-order valence-corrected chi connectivity index (χ0v) is 10.8. The Morgan fingerprint density at radius 3 is 2.82 bits per heavy atom. The van der Waals surface area contributed by atoms with E-state index in [0.29, 0.717) is 6.54 Å². The van der Waals surface area contributed by atoms with Crippen molar-refractivity contribution >= 4 is 27.3 Å². The number of rotatable bonds is 4. The van der Waals surface area contributed by atoms with Crippen molar-refractivity contribution in [3.63, 3.8) is 0 Å². The highest BCUT2D eigenvalue weighted by atomic mass is 32.1. The van der Waals surface area contributed by atoms with Crippen LogP contribution in [0.2, 0.25) is 0 Å². The number of amides is 1. The number of fused-ring (bicyclic) bond motifs is 1. The van der Waals surface area contributed by atoms with Crippen LogP contribution in [-0.2, 0) is 11.3 Å². The van der Waals surface area contributed by atoms with Gasteiger partial charge in [-0.25, -0.2) is 0 Å². The van der Waals surface area contributed by atoms with Gasteiger partial charge in [0.2, 0.25) is 5.91 Å². The van der Waals surface area contributed by atoms with Gasteiger partial charge in [0.15, 0.2) is 0 Å². The van der Waals surface area contributed by atoms with Gasteiger partial charge in [0, 0.05) is 11.2 Å². The molecule has 1 amide bonds. The summed E-state index contributed by atoms with van der Waals surface area (Å²) < 4.78 is 1.26. The fourth-order valence-corrected chi connectivity index (χ4v) is 2.54. The summed E-state index contributed by atoms with van der Waals surface area (Å²) in [5, 5.41) is 6.55. The molecule has 0 saturated heterocycles. The molecule has 1 aromatic carbocycles. The summed E-state index contributed by atoms with van der Waals surface area (Å²) in [4.78, 5) is 11.2. The second kappa shape index (κ2) is 4.47. The van der Waals surface area contributed by atoms with E-state index in [2.05, 4.69) is 22.8 Å². The Labute approximate surface area is 105 Å². The molecule has 1 heterocycles. The highest BCUT2D eigenvalue weighted by Gasteiger charge is 2.23. The van der Waals surface area contributed by atoms with E-state index < -0.39 is 5.54 Å². The standard InChI is InChI=1S/C13H16N2OS/c1-13(2,12(14)16)15-7-9-8-17-11-6-4-3-5-10(9)11/h3-6,8,15H,7H2,1-2H3,(H2,14,16). The number of carbonyl (C=O) groups is 1. The minimum absolute atomic E-state index is 0.336. The monoisotopic (exact) mass is 248 g/mol. The second-order valence-electron chi connectivity index (χ2n) is 4.60. The molecule has 0 aliphatic carbocycles. The molecule has 0 radical (unpaired) electrons. The van der Waals surface area contributed by atoms with E-state index in [9.17, 15) is 4.79 Å². The Morgan fingerprint density at radius 2 is 2.12 bits per heavy atom. The van der Waals surface area contributed by atoms with Crippen molar-refractivity contribution < 1.29 is 4.79 Å². The molecule has 0 atom stereocenters. The molecular formula is C13H16N2OS. The van der Waals surface area contributed by atoms with Gasteiger partial charge in [-0.2, -0.15) is 0 Å². The zero-order chi connectivity index (χ0) is 12.5. The fourth-order valence-electron chi connectivity index (χ4n) is 1.57. The highest BCUT2D eigenvalue weighted by molar-refractivity contribution is 7.17. The number of nitrogens with two attached hydrogens (primary N) is 1. The quantitative estimate of drug-likeness (QED) is 0.872. The Kier molecular flexibility index (Phi) is 3.17. The molecular weight excluding hydrogens is 232 g/mol. The van der Waals surface area contributed by atoms with Gasteiger partial charge in [0.25, 0.3) is 0 Å². The summed E-state index contributed by atoms with van der Waals surface area (Å²) in [5.74, 6) is -0.336. The van der Waals surface area contributed by atoms with Crippen LogP contribution in [0.15, 0.2) is 29.6 Å². The topological polar surface area (TPSA) is 55.1 Å². The van der Waals surface area contributed by atoms with Crippen molar-refractivity contribution in [2.75, 3.05) is 0 Å². The van der Waals surface area contributed by atoms with E-state index in [0.717, 1.165) is 0 Å². The minimum Gasteiger partial charge on any atom is -0.368 e. The van der Waals surface area contributed by atoms with Gasteiger partial charge in [-0.15, -0.1) is 11.3 Å². The van der Waals surface area contributed by atoms with Gasteiger partial charge in [-0.05, 0) is 36.2 Å². The molecule has 1 aromatic heterocycles. The van der Waals surface area contributed by atoms with Crippen molar-refractivity contribution in [3.05, 3.63) is 35.2 Å². The first-order valence-electron chi connectivity index (χ1n) is 5.51. The third-order valence-electron chi connectivity index (χ3n) is 2.90. The summed E-state index contributed by atoms with van der Waals surface area (Å²) in [7, 11) is 0.